The summed E-state index contributed by atoms with van der Waals surface area (Å²) in [7, 11) is 0. The normalized spacial score (nSPS) is 13.2. The SMILES string of the molecule is CC(CN)NCc1ccoc1Br. The van der Waals surface area contributed by atoms with Crippen LogP contribution in [0.4, 0.5) is 0 Å². The van der Waals surface area contributed by atoms with E-state index in [2.05, 4.69) is 21.2 Å². The van der Waals surface area contributed by atoms with Crippen molar-refractivity contribution in [2.75, 3.05) is 6.54 Å². The molecule has 0 aliphatic heterocycles. The molecule has 4 heteroatoms. The van der Waals surface area contributed by atoms with Crippen molar-refractivity contribution >= 4 is 15.9 Å². The zero-order valence-corrected chi connectivity index (χ0v) is 8.60. The van der Waals surface area contributed by atoms with Crippen LogP contribution < -0.4 is 11.1 Å². The van der Waals surface area contributed by atoms with E-state index in [1.807, 2.05) is 13.0 Å². The van der Waals surface area contributed by atoms with Crippen molar-refractivity contribution in [2.45, 2.75) is 19.5 Å². The number of nitrogens with two attached hydrogens (primary N) is 1. The van der Waals surface area contributed by atoms with Gasteiger partial charge in [0.05, 0.1) is 6.26 Å². The minimum absolute atomic E-state index is 0.340. The average Bonchev–Trinajstić information content (AvgIpc) is 2.47. The summed E-state index contributed by atoms with van der Waals surface area (Å²) in [6.45, 7) is 3.49. The van der Waals surface area contributed by atoms with Gasteiger partial charge in [-0.15, -0.1) is 0 Å². The first-order chi connectivity index (χ1) is 5.74. The maximum absolute atomic E-state index is 5.45. The second kappa shape index (κ2) is 4.64. The summed E-state index contributed by atoms with van der Waals surface area (Å²) in [4.78, 5) is 0. The molecule has 12 heavy (non-hydrogen) atoms. The van der Waals surface area contributed by atoms with Gasteiger partial charge in [-0.3, -0.25) is 0 Å². The molecule has 0 aromatic carbocycles. The lowest BCUT2D eigenvalue weighted by atomic mass is 10.3. The summed E-state index contributed by atoms with van der Waals surface area (Å²) in [5.41, 5.74) is 6.57. The zero-order valence-electron chi connectivity index (χ0n) is 7.01. The summed E-state index contributed by atoms with van der Waals surface area (Å²) in [5.74, 6) is 0. The lowest BCUT2D eigenvalue weighted by molar-refractivity contribution is 0.521. The Bertz CT molecular complexity index is 237. The van der Waals surface area contributed by atoms with E-state index in [1.165, 1.54) is 0 Å². The summed E-state index contributed by atoms with van der Waals surface area (Å²) in [5, 5.41) is 3.26. The summed E-state index contributed by atoms with van der Waals surface area (Å²) in [6.07, 6.45) is 1.66. The molecule has 0 saturated carbocycles. The van der Waals surface area contributed by atoms with Gasteiger partial charge >= 0.3 is 0 Å². The monoisotopic (exact) mass is 232 g/mol. The largest absolute Gasteiger partial charge is 0.457 e. The maximum Gasteiger partial charge on any atom is 0.173 e. The summed E-state index contributed by atoms with van der Waals surface area (Å²) in [6, 6.07) is 2.27. The molecule has 0 amide bonds. The standard InChI is InChI=1S/C8H13BrN2O/c1-6(4-10)11-5-7-2-3-12-8(7)9/h2-3,6,11H,4-5,10H2,1H3. The van der Waals surface area contributed by atoms with Gasteiger partial charge in [0, 0.05) is 24.7 Å². The van der Waals surface area contributed by atoms with E-state index in [-0.39, 0.29) is 0 Å². The van der Waals surface area contributed by atoms with Gasteiger partial charge < -0.3 is 15.5 Å². The Morgan fingerprint density at radius 1 is 1.75 bits per heavy atom. The molecule has 0 bridgehead atoms. The summed E-state index contributed by atoms with van der Waals surface area (Å²) >= 11 is 3.30. The van der Waals surface area contributed by atoms with E-state index in [0.29, 0.717) is 12.6 Å². The van der Waals surface area contributed by atoms with Crippen LogP contribution in [0, 0.1) is 0 Å². The number of rotatable bonds is 4. The molecule has 0 fully saturated rings. The second-order valence-corrected chi connectivity index (χ2v) is 3.46. The van der Waals surface area contributed by atoms with Crippen molar-refractivity contribution in [2.24, 2.45) is 5.73 Å². The van der Waals surface area contributed by atoms with Crippen LogP contribution in [0.2, 0.25) is 0 Å². The van der Waals surface area contributed by atoms with E-state index in [4.69, 9.17) is 10.2 Å². The fourth-order valence-electron chi connectivity index (χ4n) is 0.813. The van der Waals surface area contributed by atoms with Gasteiger partial charge in [-0.05, 0) is 28.9 Å². The third kappa shape index (κ3) is 2.62. The molecule has 1 aromatic rings. The van der Waals surface area contributed by atoms with Gasteiger partial charge in [-0.25, -0.2) is 0 Å². The van der Waals surface area contributed by atoms with Gasteiger partial charge in [-0.2, -0.15) is 0 Å². The molecular formula is C8H13BrN2O. The maximum atomic E-state index is 5.45. The molecule has 0 saturated heterocycles. The van der Waals surface area contributed by atoms with Crippen LogP contribution in [0.1, 0.15) is 12.5 Å². The molecule has 0 aliphatic carbocycles. The van der Waals surface area contributed by atoms with Crippen molar-refractivity contribution in [1.82, 2.24) is 5.32 Å². The predicted molar refractivity (Wildman–Crippen MR) is 51.8 cm³/mol. The third-order valence-corrected chi connectivity index (χ3v) is 2.38. The number of nitrogens with one attached hydrogen (secondary N) is 1. The second-order valence-electron chi connectivity index (χ2n) is 2.74. The van der Waals surface area contributed by atoms with Crippen molar-refractivity contribution < 1.29 is 4.42 Å². The Morgan fingerprint density at radius 3 is 3.00 bits per heavy atom. The first-order valence-electron chi connectivity index (χ1n) is 3.89. The molecule has 1 atom stereocenters. The van der Waals surface area contributed by atoms with Gasteiger partial charge in [0.25, 0.3) is 0 Å². The first-order valence-corrected chi connectivity index (χ1v) is 4.68. The van der Waals surface area contributed by atoms with E-state index >= 15 is 0 Å². The van der Waals surface area contributed by atoms with Crippen molar-refractivity contribution in [3.8, 4) is 0 Å². The number of hydrogen-bond acceptors (Lipinski definition) is 3. The lowest BCUT2D eigenvalue weighted by Gasteiger charge is -2.09. The minimum Gasteiger partial charge on any atom is -0.457 e. The minimum atomic E-state index is 0.340. The molecule has 1 aromatic heterocycles. The number of furan rings is 1. The van der Waals surface area contributed by atoms with Gasteiger partial charge in [0.1, 0.15) is 0 Å². The Hall–Kier alpha value is -0.320. The third-order valence-electron chi connectivity index (χ3n) is 1.69. The molecule has 0 spiro atoms. The van der Waals surface area contributed by atoms with Crippen LogP contribution in [-0.2, 0) is 6.54 Å². The van der Waals surface area contributed by atoms with Crippen molar-refractivity contribution in [3.63, 3.8) is 0 Å². The number of halogens is 1. The smallest absolute Gasteiger partial charge is 0.173 e. The molecule has 1 unspecified atom stereocenters. The van der Waals surface area contributed by atoms with Gasteiger partial charge in [-0.1, -0.05) is 0 Å². The first kappa shape index (κ1) is 9.77. The van der Waals surface area contributed by atoms with Crippen molar-refractivity contribution in [3.05, 3.63) is 22.6 Å². The van der Waals surface area contributed by atoms with Gasteiger partial charge in [0.15, 0.2) is 4.67 Å². The van der Waals surface area contributed by atoms with Crippen LogP contribution in [0.25, 0.3) is 0 Å². The Morgan fingerprint density at radius 2 is 2.50 bits per heavy atom. The fourth-order valence-corrected chi connectivity index (χ4v) is 1.19. The Kier molecular flexibility index (Phi) is 3.78. The molecule has 3 nitrogen and oxygen atoms in total. The highest BCUT2D eigenvalue weighted by Crippen LogP contribution is 2.16. The Balaban J connectivity index is 2.38. The van der Waals surface area contributed by atoms with Gasteiger partial charge in [0.2, 0.25) is 0 Å². The molecule has 0 aliphatic rings. The highest BCUT2D eigenvalue weighted by molar-refractivity contribution is 9.10. The summed E-state index contributed by atoms with van der Waals surface area (Å²) < 4.78 is 5.87. The van der Waals surface area contributed by atoms with Crippen LogP contribution in [0.5, 0.6) is 0 Å². The van der Waals surface area contributed by atoms with E-state index in [0.717, 1.165) is 16.8 Å². The number of hydrogen-bond donors (Lipinski definition) is 2. The van der Waals surface area contributed by atoms with Crippen LogP contribution in [-0.4, -0.2) is 12.6 Å². The molecular weight excluding hydrogens is 220 g/mol. The topological polar surface area (TPSA) is 51.2 Å². The molecule has 1 rings (SSSR count). The van der Waals surface area contributed by atoms with Crippen LogP contribution in [0.3, 0.4) is 0 Å². The van der Waals surface area contributed by atoms with Crippen LogP contribution >= 0.6 is 15.9 Å². The van der Waals surface area contributed by atoms with Crippen molar-refractivity contribution in [1.29, 1.82) is 0 Å². The molecule has 0 radical (unpaired) electrons. The molecule has 1 heterocycles. The quantitative estimate of drug-likeness (QED) is 0.828. The molecule has 3 N–H and O–H groups in total. The Labute approximate surface area is 80.4 Å². The average molecular weight is 233 g/mol. The molecule has 68 valence electrons. The van der Waals surface area contributed by atoms with E-state index in [9.17, 15) is 0 Å². The zero-order chi connectivity index (χ0) is 8.97. The predicted octanol–water partition coefficient (Wildman–Crippen LogP) is 1.48. The highest BCUT2D eigenvalue weighted by atomic mass is 79.9. The lowest BCUT2D eigenvalue weighted by Crippen LogP contribution is -2.32. The van der Waals surface area contributed by atoms with E-state index < -0.39 is 0 Å². The fraction of sp³-hybridized carbons (Fsp3) is 0.500. The van der Waals surface area contributed by atoms with E-state index in [1.54, 1.807) is 6.26 Å². The highest BCUT2D eigenvalue weighted by Gasteiger charge is 2.03. The van der Waals surface area contributed by atoms with Crippen LogP contribution in [0.15, 0.2) is 21.4 Å².